The predicted octanol–water partition coefficient (Wildman–Crippen LogP) is 5.51. The Morgan fingerprint density at radius 2 is 1.71 bits per heavy atom. The average Bonchev–Trinajstić information content (AvgIpc) is 3.17. The lowest BCUT2D eigenvalue weighted by atomic mass is 9.90. The maximum atomic E-state index is 12.9. The summed E-state index contributed by atoms with van der Waals surface area (Å²) in [6, 6.07) is 8.28. The summed E-state index contributed by atoms with van der Waals surface area (Å²) in [5.74, 6) is -0.0209. The zero-order valence-corrected chi connectivity index (χ0v) is 22.4. The van der Waals surface area contributed by atoms with Gasteiger partial charge in [0.1, 0.15) is 11.2 Å². The molecule has 1 unspecified atom stereocenters. The lowest BCUT2D eigenvalue weighted by molar-refractivity contribution is 0.0196. The van der Waals surface area contributed by atoms with E-state index in [0.717, 1.165) is 36.2 Å². The number of carbonyl (C=O) groups is 2. The fourth-order valence-electron chi connectivity index (χ4n) is 4.21. The normalized spacial score (nSPS) is 16.9. The molecule has 192 valence electrons. The maximum absolute atomic E-state index is 12.9. The standard InChI is InChI=1S/C27H40N4O4/c1-26(2,3)34-24(32)30-14-10-13-21(17-30)23-22(18-31(28-23)25(33)35-27(4,5)6)20-12-9-11-19(15-20)16-29(7)8/h9,11-12,15,18,21H,10,13-14,16-17H2,1-8H3. The number of likely N-dealkylation sites (tertiary alicyclic amines) is 1. The van der Waals surface area contributed by atoms with Gasteiger partial charge in [-0.1, -0.05) is 18.2 Å². The van der Waals surface area contributed by atoms with Gasteiger partial charge in [-0.2, -0.15) is 9.78 Å². The molecular weight excluding hydrogens is 444 g/mol. The van der Waals surface area contributed by atoms with Gasteiger partial charge in [0.2, 0.25) is 0 Å². The molecule has 1 atom stereocenters. The number of amides is 1. The summed E-state index contributed by atoms with van der Waals surface area (Å²) in [5, 5.41) is 4.71. The average molecular weight is 485 g/mol. The molecule has 0 radical (unpaired) electrons. The Kier molecular flexibility index (Phi) is 7.94. The largest absolute Gasteiger partial charge is 0.444 e. The van der Waals surface area contributed by atoms with Crippen LogP contribution in [0.1, 0.15) is 71.6 Å². The molecule has 3 rings (SSSR count). The van der Waals surface area contributed by atoms with Crippen LogP contribution < -0.4 is 0 Å². The van der Waals surface area contributed by atoms with Crippen LogP contribution in [0.25, 0.3) is 11.1 Å². The van der Waals surface area contributed by atoms with Gasteiger partial charge in [0, 0.05) is 37.3 Å². The molecule has 8 heteroatoms. The van der Waals surface area contributed by atoms with E-state index in [4.69, 9.17) is 14.6 Å². The number of rotatable bonds is 4. The highest BCUT2D eigenvalue weighted by Gasteiger charge is 2.32. The molecule has 1 fully saturated rings. The third-order valence-electron chi connectivity index (χ3n) is 5.52. The van der Waals surface area contributed by atoms with E-state index in [0.29, 0.717) is 13.1 Å². The topological polar surface area (TPSA) is 76.9 Å². The van der Waals surface area contributed by atoms with Gasteiger partial charge < -0.3 is 19.3 Å². The molecule has 0 aliphatic carbocycles. The van der Waals surface area contributed by atoms with Crippen LogP contribution >= 0.6 is 0 Å². The first kappa shape index (κ1) is 26.7. The van der Waals surface area contributed by atoms with E-state index in [-0.39, 0.29) is 12.0 Å². The van der Waals surface area contributed by atoms with E-state index in [9.17, 15) is 9.59 Å². The SMILES string of the molecule is CN(C)Cc1cccc(-c2cn(C(=O)OC(C)(C)C)nc2C2CCCN(C(=O)OC(C)(C)C)C2)c1. The van der Waals surface area contributed by atoms with Crippen LogP contribution in [-0.4, -0.2) is 70.2 Å². The third-order valence-corrected chi connectivity index (χ3v) is 5.52. The minimum atomic E-state index is -0.632. The molecule has 0 saturated carbocycles. The number of carbonyl (C=O) groups excluding carboxylic acids is 2. The number of hydrogen-bond acceptors (Lipinski definition) is 6. The van der Waals surface area contributed by atoms with E-state index in [1.54, 1.807) is 11.1 Å². The summed E-state index contributed by atoms with van der Waals surface area (Å²) in [6.45, 7) is 13.0. The minimum Gasteiger partial charge on any atom is -0.444 e. The lowest BCUT2D eigenvalue weighted by Crippen LogP contribution is -2.42. The Balaban J connectivity index is 1.97. The Labute approximate surface area is 209 Å². The second-order valence-corrected chi connectivity index (χ2v) is 11.6. The fourth-order valence-corrected chi connectivity index (χ4v) is 4.21. The van der Waals surface area contributed by atoms with Gasteiger partial charge in [0.25, 0.3) is 0 Å². The molecular formula is C27H40N4O4. The Morgan fingerprint density at radius 1 is 1.06 bits per heavy atom. The van der Waals surface area contributed by atoms with Crippen molar-refractivity contribution in [1.82, 2.24) is 19.6 Å². The van der Waals surface area contributed by atoms with E-state index >= 15 is 0 Å². The van der Waals surface area contributed by atoms with Gasteiger partial charge >= 0.3 is 12.2 Å². The van der Waals surface area contributed by atoms with Crippen molar-refractivity contribution in [2.24, 2.45) is 0 Å². The summed E-state index contributed by atoms with van der Waals surface area (Å²) in [7, 11) is 4.07. The quantitative estimate of drug-likeness (QED) is 0.570. The molecule has 1 aliphatic heterocycles. The fraction of sp³-hybridized carbons (Fsp3) is 0.593. The lowest BCUT2D eigenvalue weighted by Gasteiger charge is -2.33. The van der Waals surface area contributed by atoms with E-state index in [1.807, 2.05) is 67.8 Å². The van der Waals surface area contributed by atoms with E-state index in [2.05, 4.69) is 17.0 Å². The number of benzene rings is 1. The monoisotopic (exact) mass is 484 g/mol. The van der Waals surface area contributed by atoms with Gasteiger partial charge in [0.15, 0.2) is 0 Å². The summed E-state index contributed by atoms with van der Waals surface area (Å²) in [4.78, 5) is 29.5. The highest BCUT2D eigenvalue weighted by molar-refractivity contribution is 5.75. The molecule has 2 aromatic rings. The number of aromatic nitrogens is 2. The second kappa shape index (κ2) is 10.4. The van der Waals surface area contributed by atoms with Crippen LogP contribution in [0.4, 0.5) is 9.59 Å². The Morgan fingerprint density at radius 3 is 2.34 bits per heavy atom. The molecule has 1 saturated heterocycles. The van der Waals surface area contributed by atoms with Crippen LogP contribution in [0.2, 0.25) is 0 Å². The van der Waals surface area contributed by atoms with Crippen LogP contribution in [0.5, 0.6) is 0 Å². The molecule has 1 aromatic heterocycles. The van der Waals surface area contributed by atoms with Crippen molar-refractivity contribution in [2.45, 2.75) is 78.0 Å². The van der Waals surface area contributed by atoms with Crippen LogP contribution in [0.3, 0.4) is 0 Å². The van der Waals surface area contributed by atoms with E-state index in [1.165, 1.54) is 10.2 Å². The molecule has 0 bridgehead atoms. The van der Waals surface area contributed by atoms with Crippen LogP contribution in [-0.2, 0) is 16.0 Å². The van der Waals surface area contributed by atoms with Crippen molar-refractivity contribution in [1.29, 1.82) is 0 Å². The smallest absolute Gasteiger partial charge is 0.435 e. The number of nitrogens with zero attached hydrogens (tertiary/aromatic N) is 4. The first-order valence-corrected chi connectivity index (χ1v) is 12.3. The van der Waals surface area contributed by atoms with Gasteiger partial charge in [-0.05, 0) is 85.7 Å². The maximum Gasteiger partial charge on any atom is 0.435 e. The van der Waals surface area contributed by atoms with Gasteiger partial charge in [0.05, 0.1) is 5.69 Å². The molecule has 0 spiro atoms. The summed E-state index contributed by atoms with van der Waals surface area (Å²) < 4.78 is 12.5. The zero-order chi connectivity index (χ0) is 26.0. The summed E-state index contributed by atoms with van der Waals surface area (Å²) in [5.41, 5.74) is 2.65. The van der Waals surface area contributed by atoms with Crippen molar-refractivity contribution in [3.63, 3.8) is 0 Å². The van der Waals surface area contributed by atoms with Crippen molar-refractivity contribution in [3.8, 4) is 11.1 Å². The molecule has 2 heterocycles. The molecule has 1 amide bonds. The Bertz CT molecular complexity index is 1050. The van der Waals surface area contributed by atoms with Gasteiger partial charge in [-0.3, -0.25) is 0 Å². The molecule has 1 aliphatic rings. The molecule has 8 nitrogen and oxygen atoms in total. The Hall–Kier alpha value is -2.87. The predicted molar refractivity (Wildman–Crippen MR) is 136 cm³/mol. The molecule has 1 aromatic carbocycles. The highest BCUT2D eigenvalue weighted by atomic mass is 16.6. The number of ether oxygens (including phenoxy) is 2. The van der Waals surface area contributed by atoms with Crippen molar-refractivity contribution < 1.29 is 19.1 Å². The van der Waals surface area contributed by atoms with Crippen molar-refractivity contribution in [3.05, 3.63) is 41.7 Å². The highest BCUT2D eigenvalue weighted by Crippen LogP contribution is 2.35. The first-order valence-electron chi connectivity index (χ1n) is 12.3. The number of piperidine rings is 1. The summed E-state index contributed by atoms with van der Waals surface area (Å²) in [6.07, 6.45) is 2.63. The van der Waals surface area contributed by atoms with Gasteiger partial charge in [-0.15, -0.1) is 0 Å². The zero-order valence-electron chi connectivity index (χ0n) is 22.4. The van der Waals surface area contributed by atoms with Gasteiger partial charge in [-0.25, -0.2) is 9.59 Å². The molecule has 0 N–H and O–H groups in total. The third kappa shape index (κ3) is 7.56. The van der Waals surface area contributed by atoms with Crippen molar-refractivity contribution >= 4 is 12.2 Å². The van der Waals surface area contributed by atoms with Crippen LogP contribution in [0.15, 0.2) is 30.5 Å². The summed E-state index contributed by atoms with van der Waals surface area (Å²) >= 11 is 0. The molecule has 35 heavy (non-hydrogen) atoms. The van der Waals surface area contributed by atoms with E-state index < -0.39 is 17.3 Å². The van der Waals surface area contributed by atoms with Crippen molar-refractivity contribution in [2.75, 3.05) is 27.2 Å². The first-order chi connectivity index (χ1) is 16.2. The number of hydrogen-bond donors (Lipinski definition) is 0. The minimum absolute atomic E-state index is 0.0209. The second-order valence-electron chi connectivity index (χ2n) is 11.6. The van der Waals surface area contributed by atoms with Crippen LogP contribution in [0, 0.1) is 0 Å².